The van der Waals surface area contributed by atoms with Crippen LogP contribution in [-0.4, -0.2) is 4.98 Å². The third-order valence-electron chi connectivity index (χ3n) is 18.6. The average Bonchev–Trinajstić information content (AvgIpc) is 0.850. The summed E-state index contributed by atoms with van der Waals surface area (Å²) in [5.41, 5.74) is 13.7. The van der Waals surface area contributed by atoms with Gasteiger partial charge in [-0.25, -0.2) is 61.9 Å². The molecule has 0 amide bonds. The highest BCUT2D eigenvalue weighted by Crippen LogP contribution is 2.29. The van der Waals surface area contributed by atoms with Gasteiger partial charge in [0.05, 0.1) is 12.3 Å². The zero-order valence-electron chi connectivity index (χ0n) is 72.6. The maximum absolute atomic E-state index is 13.3. The third kappa shape index (κ3) is 35.4. The van der Waals surface area contributed by atoms with Crippen LogP contribution in [-0.2, 0) is 0 Å². The maximum atomic E-state index is 13.3. The zero-order valence-corrected chi connectivity index (χ0v) is 72.6. The predicted molar refractivity (Wildman–Crippen MR) is 458 cm³/mol. The highest BCUT2D eigenvalue weighted by Gasteiger charge is 2.16. The Balaban J connectivity index is 0.00000125. The molecule has 0 saturated carbocycles. The van der Waals surface area contributed by atoms with Crippen molar-refractivity contribution in [2.75, 3.05) is 0 Å². The molecule has 2 nitrogen and oxygen atoms in total. The van der Waals surface area contributed by atoms with Gasteiger partial charge in [0.2, 0.25) is 5.69 Å². The summed E-state index contributed by atoms with van der Waals surface area (Å²) in [6.07, 6.45) is 1.65. The van der Waals surface area contributed by atoms with Crippen LogP contribution in [0.25, 0.3) is 4.85 Å². The molecule has 1 heterocycles. The molecule has 0 atom stereocenters. The molecule has 9 aromatic carbocycles. The number of aromatic nitrogens is 1. The van der Waals surface area contributed by atoms with Gasteiger partial charge in [-0.05, 0) is 260 Å². The van der Waals surface area contributed by atoms with E-state index in [9.17, 15) is 57.1 Å². The fourth-order valence-electron chi connectivity index (χ4n) is 10.6. The normalized spacial score (nSPS) is 10.5. The zero-order chi connectivity index (χ0) is 87.6. The molecule has 15 heteroatoms. The van der Waals surface area contributed by atoms with Gasteiger partial charge in [-0.15, -0.1) is 0 Å². The number of aryl methyl sites for hydroxylation is 6. The van der Waals surface area contributed by atoms with E-state index in [0.717, 1.165) is 33.4 Å². The molecule has 1 aromatic heterocycles. The largest absolute Gasteiger partial charge is 0.259 e. The molecular formula is C100H127F13N2. The Labute approximate surface area is 682 Å². The molecule has 0 saturated heterocycles. The van der Waals surface area contributed by atoms with Crippen LogP contribution in [0.2, 0.25) is 0 Å². The molecule has 0 fully saturated rings. The number of pyridine rings is 1. The van der Waals surface area contributed by atoms with Crippen LogP contribution in [0.1, 0.15) is 311 Å². The lowest BCUT2D eigenvalue weighted by molar-refractivity contribution is 0.550. The molecule has 0 radical (unpaired) electrons. The molecule has 0 aliphatic carbocycles. The predicted octanol–water partition coefficient (Wildman–Crippen LogP) is 33.3. The van der Waals surface area contributed by atoms with E-state index >= 15 is 0 Å². The van der Waals surface area contributed by atoms with E-state index in [1.165, 1.54) is 121 Å². The molecule has 0 aliphatic rings. The van der Waals surface area contributed by atoms with Crippen molar-refractivity contribution >= 4 is 5.69 Å². The van der Waals surface area contributed by atoms with Crippen molar-refractivity contribution in [3.8, 4) is 0 Å². The fourth-order valence-corrected chi connectivity index (χ4v) is 10.6. The van der Waals surface area contributed by atoms with Gasteiger partial charge in [-0.3, -0.25) is 4.98 Å². The smallest absolute Gasteiger partial charge is 0.222 e. The molecule has 0 spiro atoms. The lowest BCUT2D eigenvalue weighted by Crippen LogP contribution is -1.97. The topological polar surface area (TPSA) is 17.2 Å². The molecule has 0 N–H and O–H groups in total. The van der Waals surface area contributed by atoms with Crippen molar-refractivity contribution in [1.82, 2.24) is 4.98 Å². The van der Waals surface area contributed by atoms with Crippen molar-refractivity contribution in [2.24, 2.45) is 0 Å². The highest BCUT2D eigenvalue weighted by atomic mass is 19.2. The second-order valence-corrected chi connectivity index (χ2v) is 31.4. The van der Waals surface area contributed by atoms with Crippen LogP contribution < -0.4 is 0 Å². The minimum atomic E-state index is -0.475. The summed E-state index contributed by atoms with van der Waals surface area (Å²) < 4.78 is 168. The van der Waals surface area contributed by atoms with Crippen molar-refractivity contribution in [1.29, 1.82) is 0 Å². The standard InChI is InChI=1S/3C10H12F2.C10H10FN.5C10H13F.C9H12FN.CH4/c3*1-6(2)8-4-5-9(11)7(3)10(8)12;1-7(2)8-5-4-6-9(12-3)10(8)11;5*1-7(2)9-4-5-10(11)8(3)6-9;1-6(2)8-4-5-11-7(3)9(8)10;/h3*4-6H,1-3H3;4-7H,1-2H3;5*4-7H,1-3H3;4-6H,1-3H3;1H4. The van der Waals surface area contributed by atoms with E-state index < -0.39 is 34.9 Å². The number of hydrogen-bond donors (Lipinski definition) is 0. The average molecular weight is 1600 g/mol. The fraction of sp³-hybridized carbons (Fsp3) is 0.400. The van der Waals surface area contributed by atoms with Gasteiger partial charge >= 0.3 is 0 Å². The third-order valence-corrected chi connectivity index (χ3v) is 18.6. The highest BCUT2D eigenvalue weighted by molar-refractivity contribution is 5.49. The summed E-state index contributed by atoms with van der Waals surface area (Å²) in [5.74, 6) is -0.708. The van der Waals surface area contributed by atoms with E-state index in [0.29, 0.717) is 57.5 Å². The number of nitrogens with zero attached hydrogens (tertiary/aromatic N) is 2. The van der Waals surface area contributed by atoms with Crippen molar-refractivity contribution in [3.05, 3.63) is 351 Å². The van der Waals surface area contributed by atoms with Crippen LogP contribution in [0.4, 0.5) is 62.8 Å². The van der Waals surface area contributed by atoms with Crippen LogP contribution in [0.3, 0.4) is 0 Å². The van der Waals surface area contributed by atoms with Gasteiger partial charge in [-0.1, -0.05) is 243 Å². The molecule has 10 rings (SSSR count). The lowest BCUT2D eigenvalue weighted by Gasteiger charge is -2.08. The molecule has 115 heavy (non-hydrogen) atoms. The Morgan fingerprint density at radius 2 is 0.452 bits per heavy atom. The minimum absolute atomic E-state index is 0. The number of rotatable bonds is 10. The Kier molecular flexibility index (Phi) is 47.4. The molecular weight excluding hydrogens is 1480 g/mol. The van der Waals surface area contributed by atoms with Crippen LogP contribution in [0.5, 0.6) is 0 Å². The number of halogens is 13. The number of benzene rings is 9. The monoisotopic (exact) mass is 1600 g/mol. The summed E-state index contributed by atoms with van der Waals surface area (Å²) in [4.78, 5) is 6.93. The maximum Gasteiger partial charge on any atom is 0.222 e. The van der Waals surface area contributed by atoms with Crippen LogP contribution >= 0.6 is 0 Å². The van der Waals surface area contributed by atoms with Crippen molar-refractivity contribution < 1.29 is 57.1 Å². The van der Waals surface area contributed by atoms with Gasteiger partial charge < -0.3 is 0 Å². The molecule has 628 valence electrons. The van der Waals surface area contributed by atoms with Gasteiger partial charge in [-0.2, -0.15) is 0 Å². The second-order valence-electron chi connectivity index (χ2n) is 31.4. The quantitative estimate of drug-likeness (QED) is 0.0985. The van der Waals surface area contributed by atoms with Crippen molar-refractivity contribution in [3.63, 3.8) is 0 Å². The first-order chi connectivity index (χ1) is 52.9. The minimum Gasteiger partial charge on any atom is -0.259 e. The Morgan fingerprint density at radius 1 is 0.243 bits per heavy atom. The Hall–Kier alpha value is -9.29. The van der Waals surface area contributed by atoms with E-state index in [2.05, 4.69) is 79.1 Å². The lowest BCUT2D eigenvalue weighted by atomic mass is 10.00. The van der Waals surface area contributed by atoms with Gasteiger partial charge in [0.25, 0.3) is 0 Å². The van der Waals surface area contributed by atoms with E-state index in [1.54, 1.807) is 65.9 Å². The van der Waals surface area contributed by atoms with Gasteiger partial charge in [0, 0.05) is 22.9 Å². The molecule has 0 unspecified atom stereocenters. The van der Waals surface area contributed by atoms with E-state index in [4.69, 9.17) is 6.57 Å². The van der Waals surface area contributed by atoms with E-state index in [-0.39, 0.29) is 100 Å². The van der Waals surface area contributed by atoms with E-state index in [1.807, 2.05) is 130 Å². The SMILES string of the molecule is C.Cc1c(F)ccc(C(C)C)c1F.Cc1c(F)ccc(C(C)C)c1F.Cc1c(F)ccc(C(C)C)c1F.Cc1cc(C(C)C)ccc1F.Cc1cc(C(C)C)ccc1F.Cc1cc(C(C)C)ccc1F.Cc1cc(C(C)C)ccc1F.Cc1cc(C(C)C)ccc1F.Cc1nccc(C(C)C)c1F.[C-]#[N+]c1cccc(C(C)C)c1F. The summed E-state index contributed by atoms with van der Waals surface area (Å²) in [6, 6.07) is 41.5. The number of hydrogen-bond acceptors (Lipinski definition) is 1. The summed E-state index contributed by atoms with van der Waals surface area (Å²) in [6.45, 7) is 61.8. The second kappa shape index (κ2) is 51.6. The summed E-state index contributed by atoms with van der Waals surface area (Å²) in [5, 5.41) is 0. The first-order valence-electron chi connectivity index (χ1n) is 38.9. The first kappa shape index (κ1) is 106. The van der Waals surface area contributed by atoms with Gasteiger partial charge in [0.1, 0.15) is 75.6 Å². The van der Waals surface area contributed by atoms with Crippen molar-refractivity contribution in [2.45, 2.75) is 267 Å². The summed E-state index contributed by atoms with van der Waals surface area (Å²) >= 11 is 0. The Morgan fingerprint density at radius 3 is 0.643 bits per heavy atom. The van der Waals surface area contributed by atoms with Crippen LogP contribution in [0.15, 0.2) is 158 Å². The van der Waals surface area contributed by atoms with Crippen LogP contribution in [0, 0.1) is 145 Å². The van der Waals surface area contributed by atoms with Gasteiger partial charge in [0.15, 0.2) is 0 Å². The first-order valence-corrected chi connectivity index (χ1v) is 38.9. The molecule has 0 aliphatic heterocycles. The Bertz CT molecular complexity index is 4180. The molecule has 10 aromatic rings. The summed E-state index contributed by atoms with van der Waals surface area (Å²) in [7, 11) is 0. The molecule has 0 bridgehead atoms.